The van der Waals surface area contributed by atoms with Crippen LogP contribution < -0.4 is 5.32 Å². The molecule has 0 saturated heterocycles. The van der Waals surface area contributed by atoms with E-state index in [0.717, 1.165) is 23.6 Å². The summed E-state index contributed by atoms with van der Waals surface area (Å²) in [6.45, 7) is 5.02. The van der Waals surface area contributed by atoms with Crippen LogP contribution in [0.25, 0.3) is 11.3 Å². The third-order valence-corrected chi connectivity index (χ3v) is 3.60. The average Bonchev–Trinajstić information content (AvgIpc) is 2.82. The molecule has 4 heteroatoms. The lowest BCUT2D eigenvalue weighted by molar-refractivity contribution is 0.445. The highest BCUT2D eigenvalue weighted by Gasteiger charge is 2.13. The molecule has 0 aliphatic heterocycles. The zero-order valence-corrected chi connectivity index (χ0v) is 11.8. The van der Waals surface area contributed by atoms with E-state index < -0.39 is 0 Å². The normalized spacial score (nSPS) is 12.7. The van der Waals surface area contributed by atoms with E-state index in [1.807, 2.05) is 24.3 Å². The van der Waals surface area contributed by atoms with Crippen molar-refractivity contribution in [2.24, 2.45) is 0 Å². The second-order valence-electron chi connectivity index (χ2n) is 4.08. The van der Waals surface area contributed by atoms with Gasteiger partial charge in [0, 0.05) is 5.56 Å². The molecule has 0 spiro atoms. The highest BCUT2D eigenvalue weighted by atomic mass is 35.5. The Balaban J connectivity index is 2.32. The Morgan fingerprint density at radius 2 is 2.00 bits per heavy atom. The summed E-state index contributed by atoms with van der Waals surface area (Å²) in [7, 11) is 0. The molecule has 0 aliphatic rings. The summed E-state index contributed by atoms with van der Waals surface area (Å²) in [6, 6.07) is 9.58. The van der Waals surface area contributed by atoms with Gasteiger partial charge in [0.05, 0.1) is 16.1 Å². The summed E-state index contributed by atoms with van der Waals surface area (Å²) in [6.07, 6.45) is 0. The molecule has 96 valence electrons. The molecule has 2 rings (SSSR count). The summed E-state index contributed by atoms with van der Waals surface area (Å²) < 4.78 is 5.81. The second-order valence-corrected chi connectivity index (χ2v) is 4.87. The molecule has 1 N–H and O–H groups in total. The van der Waals surface area contributed by atoms with Gasteiger partial charge in [0.25, 0.3) is 0 Å². The number of halogens is 2. The molecule has 1 unspecified atom stereocenters. The first-order valence-corrected chi connectivity index (χ1v) is 6.66. The Bertz CT molecular complexity index is 536. The quantitative estimate of drug-likeness (QED) is 0.861. The van der Waals surface area contributed by atoms with E-state index in [0.29, 0.717) is 10.0 Å². The lowest BCUT2D eigenvalue weighted by atomic mass is 10.2. The van der Waals surface area contributed by atoms with E-state index >= 15 is 0 Å². The molecular formula is C14H15Cl2NO. The Hall–Kier alpha value is -0.960. The zero-order valence-electron chi connectivity index (χ0n) is 10.3. The third kappa shape index (κ3) is 2.72. The molecule has 1 atom stereocenters. The van der Waals surface area contributed by atoms with Gasteiger partial charge < -0.3 is 9.73 Å². The molecule has 1 heterocycles. The van der Waals surface area contributed by atoms with Crippen molar-refractivity contribution in [3.63, 3.8) is 0 Å². The largest absolute Gasteiger partial charge is 0.459 e. The number of benzene rings is 1. The highest BCUT2D eigenvalue weighted by molar-refractivity contribution is 6.43. The molecule has 2 nitrogen and oxygen atoms in total. The van der Waals surface area contributed by atoms with Gasteiger partial charge in [-0.3, -0.25) is 0 Å². The monoisotopic (exact) mass is 283 g/mol. The number of hydrogen-bond acceptors (Lipinski definition) is 2. The van der Waals surface area contributed by atoms with E-state index in [1.165, 1.54) is 0 Å². The van der Waals surface area contributed by atoms with Crippen LogP contribution in [0.4, 0.5) is 0 Å². The van der Waals surface area contributed by atoms with Gasteiger partial charge in [-0.1, -0.05) is 36.2 Å². The number of rotatable bonds is 4. The summed E-state index contributed by atoms with van der Waals surface area (Å²) >= 11 is 12.2. The predicted molar refractivity (Wildman–Crippen MR) is 76.3 cm³/mol. The zero-order chi connectivity index (χ0) is 13.1. The molecule has 1 aromatic carbocycles. The van der Waals surface area contributed by atoms with E-state index in [2.05, 4.69) is 19.2 Å². The van der Waals surface area contributed by atoms with Gasteiger partial charge in [-0.2, -0.15) is 0 Å². The fraction of sp³-hybridized carbons (Fsp3) is 0.286. The van der Waals surface area contributed by atoms with Crippen molar-refractivity contribution in [3.05, 3.63) is 46.1 Å². The van der Waals surface area contributed by atoms with Crippen LogP contribution in [0.5, 0.6) is 0 Å². The smallest absolute Gasteiger partial charge is 0.135 e. The third-order valence-electron chi connectivity index (χ3n) is 2.78. The number of furan rings is 1. The van der Waals surface area contributed by atoms with Crippen LogP contribution in [0.2, 0.25) is 10.0 Å². The van der Waals surface area contributed by atoms with Gasteiger partial charge in [0.15, 0.2) is 0 Å². The van der Waals surface area contributed by atoms with Gasteiger partial charge in [0.1, 0.15) is 11.5 Å². The van der Waals surface area contributed by atoms with Crippen LogP contribution in [0, 0.1) is 0 Å². The Kier molecular flexibility index (Phi) is 4.33. The lowest BCUT2D eigenvalue weighted by Gasteiger charge is -2.08. The molecule has 18 heavy (non-hydrogen) atoms. The number of nitrogens with one attached hydrogen (secondary N) is 1. The van der Waals surface area contributed by atoms with Crippen LogP contribution in [0.15, 0.2) is 34.7 Å². The van der Waals surface area contributed by atoms with E-state index in [1.54, 1.807) is 6.07 Å². The van der Waals surface area contributed by atoms with Crippen molar-refractivity contribution in [3.8, 4) is 11.3 Å². The summed E-state index contributed by atoms with van der Waals surface area (Å²) in [4.78, 5) is 0. The van der Waals surface area contributed by atoms with Crippen LogP contribution in [-0.2, 0) is 0 Å². The minimum absolute atomic E-state index is 0.182. The van der Waals surface area contributed by atoms with Crippen molar-refractivity contribution in [2.75, 3.05) is 6.54 Å². The highest BCUT2D eigenvalue weighted by Crippen LogP contribution is 2.35. The maximum absolute atomic E-state index is 6.17. The van der Waals surface area contributed by atoms with Crippen molar-refractivity contribution >= 4 is 23.2 Å². The molecule has 0 saturated carbocycles. The molecule has 2 aromatic rings. The van der Waals surface area contributed by atoms with Crippen LogP contribution in [-0.4, -0.2) is 6.54 Å². The van der Waals surface area contributed by atoms with E-state index in [4.69, 9.17) is 27.6 Å². The first-order valence-electron chi connectivity index (χ1n) is 5.91. The standard InChI is InChI=1S/C14H15Cl2NO/c1-3-17-9(2)12-7-8-13(18-12)10-5-4-6-11(15)14(10)16/h4-9,17H,3H2,1-2H3. The fourth-order valence-electron chi connectivity index (χ4n) is 1.83. The SMILES string of the molecule is CCNC(C)c1ccc(-c2cccc(Cl)c2Cl)o1. The Morgan fingerprint density at radius 3 is 2.72 bits per heavy atom. The van der Waals surface area contributed by atoms with Gasteiger partial charge in [-0.15, -0.1) is 0 Å². The first-order chi connectivity index (χ1) is 8.63. The van der Waals surface area contributed by atoms with Crippen LogP contribution in [0.1, 0.15) is 25.6 Å². The molecule has 1 aromatic heterocycles. The molecule has 0 aliphatic carbocycles. The second kappa shape index (κ2) is 5.79. The Labute approximate surface area is 117 Å². The Morgan fingerprint density at radius 1 is 1.22 bits per heavy atom. The molecule has 0 amide bonds. The topological polar surface area (TPSA) is 25.2 Å². The van der Waals surface area contributed by atoms with Gasteiger partial charge in [0.2, 0.25) is 0 Å². The first kappa shape index (κ1) is 13.5. The van der Waals surface area contributed by atoms with Crippen molar-refractivity contribution in [1.29, 1.82) is 0 Å². The van der Waals surface area contributed by atoms with Gasteiger partial charge in [-0.05, 0) is 37.7 Å². The minimum Gasteiger partial charge on any atom is -0.459 e. The van der Waals surface area contributed by atoms with Gasteiger partial charge >= 0.3 is 0 Å². The van der Waals surface area contributed by atoms with E-state index in [9.17, 15) is 0 Å². The molecule has 0 fully saturated rings. The molecular weight excluding hydrogens is 269 g/mol. The van der Waals surface area contributed by atoms with Crippen molar-refractivity contribution in [1.82, 2.24) is 5.32 Å². The minimum atomic E-state index is 0.182. The molecule has 0 radical (unpaired) electrons. The maximum atomic E-state index is 6.17. The number of hydrogen-bond donors (Lipinski definition) is 1. The summed E-state index contributed by atoms with van der Waals surface area (Å²) in [5.74, 6) is 1.63. The van der Waals surface area contributed by atoms with Crippen LogP contribution >= 0.6 is 23.2 Å². The van der Waals surface area contributed by atoms with E-state index in [-0.39, 0.29) is 6.04 Å². The molecule has 0 bridgehead atoms. The fourth-order valence-corrected chi connectivity index (χ4v) is 2.22. The van der Waals surface area contributed by atoms with Gasteiger partial charge in [-0.25, -0.2) is 0 Å². The van der Waals surface area contributed by atoms with Crippen molar-refractivity contribution < 1.29 is 4.42 Å². The summed E-state index contributed by atoms with van der Waals surface area (Å²) in [5.41, 5.74) is 0.819. The average molecular weight is 284 g/mol. The predicted octanol–water partition coefficient (Wildman–Crippen LogP) is 4.92. The maximum Gasteiger partial charge on any atom is 0.135 e. The summed E-state index contributed by atoms with van der Waals surface area (Å²) in [5, 5.41) is 4.36. The lowest BCUT2D eigenvalue weighted by Crippen LogP contribution is -2.16. The van der Waals surface area contributed by atoms with Crippen LogP contribution in [0.3, 0.4) is 0 Å². The van der Waals surface area contributed by atoms with Crippen molar-refractivity contribution in [2.45, 2.75) is 19.9 Å².